The van der Waals surface area contributed by atoms with Crippen LogP contribution >= 0.6 is 0 Å². The van der Waals surface area contributed by atoms with Gasteiger partial charge < -0.3 is 5.32 Å². The van der Waals surface area contributed by atoms with Gasteiger partial charge in [-0.05, 0) is 20.9 Å². The van der Waals surface area contributed by atoms with E-state index in [0.717, 1.165) is 12.3 Å². The van der Waals surface area contributed by atoms with E-state index in [0.29, 0.717) is 0 Å². The molecule has 0 amide bonds. The molecule has 0 aliphatic carbocycles. The first-order chi connectivity index (χ1) is 4.31. The highest BCUT2D eigenvalue weighted by Crippen LogP contribution is 1.77. The monoisotopic (exact) mass is 126 g/mol. The molecular formula is C7H14N2. The standard InChI is InChI=1S/C7H14N2/c1-4-5-9-7(2)6-8-3/h4-5,8H,6H2,1-3H3/b5-4-,9-7?. The van der Waals surface area contributed by atoms with Crippen LogP contribution in [0.3, 0.4) is 0 Å². The Morgan fingerprint density at radius 3 is 2.78 bits per heavy atom. The second-order valence-electron chi connectivity index (χ2n) is 1.88. The molecule has 0 bridgehead atoms. The molecule has 0 rings (SSSR count). The van der Waals surface area contributed by atoms with Crippen molar-refractivity contribution in [3.05, 3.63) is 12.3 Å². The van der Waals surface area contributed by atoms with E-state index in [9.17, 15) is 0 Å². The predicted molar refractivity (Wildman–Crippen MR) is 41.8 cm³/mol. The van der Waals surface area contributed by atoms with Gasteiger partial charge in [-0.15, -0.1) is 0 Å². The highest BCUT2D eigenvalue weighted by Gasteiger charge is 1.82. The maximum Gasteiger partial charge on any atom is 0.0334 e. The molecule has 0 aliphatic heterocycles. The van der Waals surface area contributed by atoms with Crippen LogP contribution in [0.25, 0.3) is 0 Å². The summed E-state index contributed by atoms with van der Waals surface area (Å²) in [5.74, 6) is 0. The lowest BCUT2D eigenvalue weighted by molar-refractivity contribution is 0.942. The molecule has 2 heteroatoms. The molecule has 0 aromatic rings. The Labute approximate surface area is 56.7 Å². The van der Waals surface area contributed by atoms with Crippen molar-refractivity contribution in [1.29, 1.82) is 0 Å². The summed E-state index contributed by atoms with van der Waals surface area (Å²) >= 11 is 0. The van der Waals surface area contributed by atoms with E-state index in [-0.39, 0.29) is 0 Å². The van der Waals surface area contributed by atoms with Crippen molar-refractivity contribution in [2.45, 2.75) is 13.8 Å². The van der Waals surface area contributed by atoms with Gasteiger partial charge in [0.05, 0.1) is 0 Å². The average Bonchev–Trinajstić information content (AvgIpc) is 1.85. The second kappa shape index (κ2) is 5.51. The minimum atomic E-state index is 0.865. The summed E-state index contributed by atoms with van der Waals surface area (Å²) in [5.41, 5.74) is 1.11. The summed E-state index contributed by atoms with van der Waals surface area (Å²) in [5, 5.41) is 3.01. The van der Waals surface area contributed by atoms with Crippen LogP contribution in [0.5, 0.6) is 0 Å². The number of hydrogen-bond acceptors (Lipinski definition) is 2. The van der Waals surface area contributed by atoms with E-state index >= 15 is 0 Å². The molecule has 2 nitrogen and oxygen atoms in total. The van der Waals surface area contributed by atoms with Crippen LogP contribution in [0.2, 0.25) is 0 Å². The van der Waals surface area contributed by atoms with Crippen molar-refractivity contribution in [2.24, 2.45) is 4.99 Å². The average molecular weight is 126 g/mol. The van der Waals surface area contributed by atoms with Crippen molar-refractivity contribution in [1.82, 2.24) is 5.32 Å². The smallest absolute Gasteiger partial charge is 0.0334 e. The first-order valence-electron chi connectivity index (χ1n) is 3.10. The number of aliphatic imine (C=N–C) groups is 1. The maximum absolute atomic E-state index is 4.11. The van der Waals surface area contributed by atoms with Gasteiger partial charge in [0, 0.05) is 18.5 Å². The molecule has 0 aromatic heterocycles. The minimum absolute atomic E-state index is 0.865. The molecule has 0 spiro atoms. The lowest BCUT2D eigenvalue weighted by atomic mass is 10.4. The largest absolute Gasteiger partial charge is 0.315 e. The molecule has 0 aromatic carbocycles. The summed E-state index contributed by atoms with van der Waals surface area (Å²) in [6, 6.07) is 0. The van der Waals surface area contributed by atoms with Crippen LogP contribution in [-0.4, -0.2) is 19.3 Å². The SMILES string of the molecule is C/C=C\N=C(C)CNC. The first kappa shape index (κ1) is 8.37. The van der Waals surface area contributed by atoms with E-state index in [1.807, 2.05) is 27.0 Å². The topological polar surface area (TPSA) is 24.4 Å². The van der Waals surface area contributed by atoms with Gasteiger partial charge in [0.1, 0.15) is 0 Å². The number of nitrogens with zero attached hydrogens (tertiary/aromatic N) is 1. The number of hydrogen-bond donors (Lipinski definition) is 1. The van der Waals surface area contributed by atoms with Crippen molar-refractivity contribution in [3.63, 3.8) is 0 Å². The Hall–Kier alpha value is -0.630. The Morgan fingerprint density at radius 2 is 2.33 bits per heavy atom. The highest BCUT2D eigenvalue weighted by atomic mass is 14.8. The molecule has 0 saturated carbocycles. The van der Waals surface area contributed by atoms with Crippen LogP contribution < -0.4 is 5.32 Å². The van der Waals surface area contributed by atoms with Crippen LogP contribution in [0.4, 0.5) is 0 Å². The van der Waals surface area contributed by atoms with Crippen LogP contribution in [-0.2, 0) is 0 Å². The molecule has 0 fully saturated rings. The van der Waals surface area contributed by atoms with E-state index in [4.69, 9.17) is 0 Å². The third-order valence-electron chi connectivity index (χ3n) is 0.877. The molecule has 0 heterocycles. The maximum atomic E-state index is 4.11. The summed E-state index contributed by atoms with van der Waals surface area (Å²) in [6.07, 6.45) is 3.71. The molecule has 52 valence electrons. The Kier molecular flexibility index (Phi) is 5.12. The predicted octanol–water partition coefficient (Wildman–Crippen LogP) is 1.20. The first-order valence-corrected chi connectivity index (χ1v) is 3.10. The Bertz CT molecular complexity index is 114. The van der Waals surface area contributed by atoms with E-state index in [1.165, 1.54) is 0 Å². The fourth-order valence-corrected chi connectivity index (χ4v) is 0.503. The van der Waals surface area contributed by atoms with Gasteiger partial charge in [0.2, 0.25) is 0 Å². The molecule has 9 heavy (non-hydrogen) atoms. The van der Waals surface area contributed by atoms with E-state index in [1.54, 1.807) is 6.20 Å². The van der Waals surface area contributed by atoms with E-state index < -0.39 is 0 Å². The number of rotatable bonds is 3. The summed E-state index contributed by atoms with van der Waals surface area (Å²) in [4.78, 5) is 4.11. The second-order valence-corrected chi connectivity index (χ2v) is 1.88. The van der Waals surface area contributed by atoms with Crippen molar-refractivity contribution < 1.29 is 0 Å². The number of allylic oxidation sites excluding steroid dienone is 1. The third-order valence-corrected chi connectivity index (χ3v) is 0.877. The van der Waals surface area contributed by atoms with E-state index in [2.05, 4.69) is 10.3 Å². The zero-order valence-corrected chi connectivity index (χ0v) is 6.31. The summed E-state index contributed by atoms with van der Waals surface area (Å²) in [7, 11) is 1.91. The minimum Gasteiger partial charge on any atom is -0.315 e. The zero-order valence-electron chi connectivity index (χ0n) is 6.31. The molecule has 0 aliphatic rings. The van der Waals surface area contributed by atoms with Gasteiger partial charge in [0.15, 0.2) is 0 Å². The van der Waals surface area contributed by atoms with Gasteiger partial charge in [-0.2, -0.15) is 0 Å². The third kappa shape index (κ3) is 5.24. The lowest BCUT2D eigenvalue weighted by Gasteiger charge is -1.93. The van der Waals surface area contributed by atoms with Crippen molar-refractivity contribution in [3.8, 4) is 0 Å². The van der Waals surface area contributed by atoms with Gasteiger partial charge in [-0.25, -0.2) is 0 Å². The highest BCUT2D eigenvalue weighted by molar-refractivity contribution is 5.84. The lowest BCUT2D eigenvalue weighted by Crippen LogP contribution is -2.15. The quantitative estimate of drug-likeness (QED) is 0.564. The fourth-order valence-electron chi connectivity index (χ4n) is 0.503. The van der Waals surface area contributed by atoms with Gasteiger partial charge in [0.25, 0.3) is 0 Å². The Balaban J connectivity index is 3.55. The van der Waals surface area contributed by atoms with Crippen molar-refractivity contribution >= 4 is 5.71 Å². The molecule has 1 N–H and O–H groups in total. The van der Waals surface area contributed by atoms with Gasteiger partial charge in [-0.1, -0.05) is 6.08 Å². The molecule has 0 atom stereocenters. The summed E-state index contributed by atoms with van der Waals surface area (Å²) in [6.45, 7) is 4.82. The van der Waals surface area contributed by atoms with Crippen molar-refractivity contribution in [2.75, 3.05) is 13.6 Å². The van der Waals surface area contributed by atoms with Gasteiger partial charge >= 0.3 is 0 Å². The normalized spacial score (nSPS) is 13.0. The molecular weight excluding hydrogens is 112 g/mol. The number of nitrogens with one attached hydrogen (secondary N) is 1. The molecule has 0 radical (unpaired) electrons. The fraction of sp³-hybridized carbons (Fsp3) is 0.571. The molecule has 0 unspecified atom stereocenters. The van der Waals surface area contributed by atoms with Crippen LogP contribution in [0.1, 0.15) is 13.8 Å². The summed E-state index contributed by atoms with van der Waals surface area (Å²) < 4.78 is 0. The zero-order chi connectivity index (χ0) is 7.11. The van der Waals surface area contributed by atoms with Gasteiger partial charge in [-0.3, -0.25) is 4.99 Å². The Morgan fingerprint density at radius 1 is 1.67 bits per heavy atom. The van der Waals surface area contributed by atoms with Crippen LogP contribution in [0.15, 0.2) is 17.3 Å². The molecule has 0 saturated heterocycles. The van der Waals surface area contributed by atoms with Crippen LogP contribution in [0, 0.1) is 0 Å².